The van der Waals surface area contributed by atoms with Crippen molar-refractivity contribution in [2.75, 3.05) is 26.2 Å². The van der Waals surface area contributed by atoms with Gasteiger partial charge in [-0.15, -0.1) is 11.3 Å². The van der Waals surface area contributed by atoms with Crippen LogP contribution >= 0.6 is 11.3 Å². The van der Waals surface area contributed by atoms with Gasteiger partial charge in [0.05, 0.1) is 4.88 Å². The van der Waals surface area contributed by atoms with Gasteiger partial charge in [0.25, 0.3) is 5.91 Å². The number of amides is 1. The highest BCUT2D eigenvalue weighted by Crippen LogP contribution is 2.28. The van der Waals surface area contributed by atoms with Crippen molar-refractivity contribution in [3.05, 3.63) is 70.6 Å². The number of fused-ring (bicyclic) bond motifs is 1. The number of rotatable bonds is 3. The minimum Gasteiger partial charge on any atom is -0.337 e. The Balaban J connectivity index is 1.43. The average Bonchev–Trinajstić information content (AvgIpc) is 2.98. The van der Waals surface area contributed by atoms with Crippen LogP contribution in [0.1, 0.15) is 21.7 Å². The fourth-order valence-corrected chi connectivity index (χ4v) is 4.51. The number of benzene rings is 2. The van der Waals surface area contributed by atoms with Crippen LogP contribution in [0.4, 0.5) is 8.78 Å². The van der Waals surface area contributed by atoms with Crippen molar-refractivity contribution in [3.8, 4) is 0 Å². The van der Waals surface area contributed by atoms with Gasteiger partial charge in [-0.2, -0.15) is 0 Å². The highest BCUT2D eigenvalue weighted by atomic mass is 32.1. The predicted molar refractivity (Wildman–Crippen MR) is 104 cm³/mol. The maximum Gasteiger partial charge on any atom is 0.264 e. The summed E-state index contributed by atoms with van der Waals surface area (Å²) in [6.45, 7) is 3.73. The summed E-state index contributed by atoms with van der Waals surface area (Å²) in [6.07, 6.45) is 0.881. The maximum absolute atomic E-state index is 13.9. The summed E-state index contributed by atoms with van der Waals surface area (Å²) < 4.78 is 27.8. The van der Waals surface area contributed by atoms with Gasteiger partial charge in [0.15, 0.2) is 0 Å². The third-order valence-electron chi connectivity index (χ3n) is 4.91. The Morgan fingerprint density at radius 2 is 1.81 bits per heavy atom. The zero-order chi connectivity index (χ0) is 18.8. The van der Waals surface area contributed by atoms with E-state index in [0.29, 0.717) is 23.4 Å². The molecule has 1 saturated heterocycles. The third kappa shape index (κ3) is 4.01. The van der Waals surface area contributed by atoms with Crippen molar-refractivity contribution in [2.24, 2.45) is 0 Å². The summed E-state index contributed by atoms with van der Waals surface area (Å²) in [5.41, 5.74) is 1.07. The van der Waals surface area contributed by atoms with E-state index in [2.05, 4.69) is 4.90 Å². The predicted octanol–water partition coefficient (Wildman–Crippen LogP) is 4.53. The molecule has 27 heavy (non-hydrogen) atoms. The van der Waals surface area contributed by atoms with E-state index in [9.17, 15) is 13.6 Å². The van der Waals surface area contributed by atoms with Gasteiger partial charge < -0.3 is 4.90 Å². The minimum atomic E-state index is -0.288. The highest BCUT2D eigenvalue weighted by molar-refractivity contribution is 7.20. The van der Waals surface area contributed by atoms with Gasteiger partial charge in [0, 0.05) is 42.8 Å². The molecule has 0 aliphatic carbocycles. The second-order valence-corrected chi connectivity index (χ2v) is 7.89. The molecular weight excluding hydrogens is 366 g/mol. The van der Waals surface area contributed by atoms with Crippen molar-refractivity contribution in [1.82, 2.24) is 9.80 Å². The molecular formula is C21H20F2N2OS. The average molecular weight is 386 g/mol. The number of hydrogen-bond acceptors (Lipinski definition) is 3. The van der Waals surface area contributed by atoms with Crippen LogP contribution in [0.25, 0.3) is 10.1 Å². The van der Waals surface area contributed by atoms with Crippen molar-refractivity contribution in [2.45, 2.75) is 13.0 Å². The first-order valence-corrected chi connectivity index (χ1v) is 9.86. The molecule has 0 bridgehead atoms. The maximum atomic E-state index is 13.9. The lowest BCUT2D eigenvalue weighted by molar-refractivity contribution is 0.0766. The van der Waals surface area contributed by atoms with E-state index in [1.807, 2.05) is 11.0 Å². The zero-order valence-corrected chi connectivity index (χ0v) is 15.6. The molecule has 0 atom stereocenters. The van der Waals surface area contributed by atoms with Crippen molar-refractivity contribution in [3.63, 3.8) is 0 Å². The topological polar surface area (TPSA) is 23.6 Å². The Hall–Kier alpha value is -2.31. The summed E-state index contributed by atoms with van der Waals surface area (Å²) in [5, 5.41) is 0.513. The van der Waals surface area contributed by atoms with Crippen LogP contribution in [0.15, 0.2) is 48.5 Å². The molecule has 6 heteroatoms. The van der Waals surface area contributed by atoms with E-state index in [1.54, 1.807) is 24.3 Å². The van der Waals surface area contributed by atoms with E-state index < -0.39 is 0 Å². The summed E-state index contributed by atoms with van der Waals surface area (Å²) in [7, 11) is 0. The monoisotopic (exact) mass is 386 g/mol. The van der Waals surface area contributed by atoms with E-state index in [1.165, 1.54) is 29.5 Å². The number of carbonyl (C=O) groups excluding carboxylic acids is 1. The fraction of sp³-hybridized carbons (Fsp3) is 0.286. The Bertz CT molecular complexity index is 954. The quantitative estimate of drug-likeness (QED) is 0.660. The SMILES string of the molecule is O=C(c1cc2c(F)cccc2s1)N1CCCN(Cc2ccc(F)cc2)CC1. The molecule has 0 spiro atoms. The Kier molecular flexibility index (Phi) is 5.18. The molecule has 1 aromatic heterocycles. The van der Waals surface area contributed by atoms with Crippen LogP contribution in [-0.2, 0) is 6.54 Å². The molecule has 0 saturated carbocycles. The van der Waals surface area contributed by atoms with E-state index in [-0.39, 0.29) is 17.5 Å². The van der Waals surface area contributed by atoms with E-state index in [0.717, 1.165) is 36.3 Å². The number of halogens is 2. The second-order valence-electron chi connectivity index (χ2n) is 6.81. The fourth-order valence-electron chi connectivity index (χ4n) is 3.47. The van der Waals surface area contributed by atoms with Crippen LogP contribution < -0.4 is 0 Å². The van der Waals surface area contributed by atoms with Gasteiger partial charge in [0.2, 0.25) is 0 Å². The minimum absolute atomic E-state index is 0.0285. The lowest BCUT2D eigenvalue weighted by Crippen LogP contribution is -2.34. The molecule has 1 aliphatic heterocycles. The molecule has 0 N–H and O–H groups in total. The molecule has 3 nitrogen and oxygen atoms in total. The van der Waals surface area contributed by atoms with Crippen LogP contribution in [0.2, 0.25) is 0 Å². The molecule has 2 heterocycles. The Morgan fingerprint density at radius 3 is 2.59 bits per heavy atom. The Morgan fingerprint density at radius 1 is 1.00 bits per heavy atom. The normalized spacial score (nSPS) is 15.9. The molecule has 4 rings (SSSR count). The highest BCUT2D eigenvalue weighted by Gasteiger charge is 2.22. The van der Waals surface area contributed by atoms with Gasteiger partial charge in [-0.25, -0.2) is 8.78 Å². The third-order valence-corrected chi connectivity index (χ3v) is 6.00. The largest absolute Gasteiger partial charge is 0.337 e. The van der Waals surface area contributed by atoms with Gasteiger partial charge in [-0.3, -0.25) is 9.69 Å². The number of carbonyl (C=O) groups is 1. The molecule has 0 radical (unpaired) electrons. The summed E-state index contributed by atoms with van der Waals surface area (Å²) >= 11 is 1.34. The van der Waals surface area contributed by atoms with Gasteiger partial charge >= 0.3 is 0 Å². The van der Waals surface area contributed by atoms with Crippen LogP contribution in [0.3, 0.4) is 0 Å². The smallest absolute Gasteiger partial charge is 0.264 e. The summed E-state index contributed by atoms with van der Waals surface area (Å²) in [6, 6.07) is 13.1. The molecule has 1 fully saturated rings. The van der Waals surface area contributed by atoms with Crippen molar-refractivity contribution < 1.29 is 13.6 Å². The number of thiophene rings is 1. The van der Waals surface area contributed by atoms with Gasteiger partial charge in [0.1, 0.15) is 11.6 Å². The summed E-state index contributed by atoms with van der Waals surface area (Å²) in [5.74, 6) is -0.547. The first-order valence-electron chi connectivity index (χ1n) is 9.04. The lowest BCUT2D eigenvalue weighted by atomic mass is 10.2. The van der Waals surface area contributed by atoms with Crippen LogP contribution in [0, 0.1) is 11.6 Å². The second kappa shape index (κ2) is 7.74. The molecule has 1 aliphatic rings. The van der Waals surface area contributed by atoms with Crippen molar-refractivity contribution >= 4 is 27.3 Å². The first-order chi connectivity index (χ1) is 13.1. The van der Waals surface area contributed by atoms with Crippen LogP contribution in [0.5, 0.6) is 0 Å². The van der Waals surface area contributed by atoms with E-state index >= 15 is 0 Å². The molecule has 140 valence electrons. The molecule has 2 aromatic carbocycles. The zero-order valence-electron chi connectivity index (χ0n) is 14.8. The molecule has 3 aromatic rings. The van der Waals surface area contributed by atoms with E-state index in [4.69, 9.17) is 0 Å². The first kappa shape index (κ1) is 18.1. The molecule has 1 amide bonds. The van der Waals surface area contributed by atoms with Crippen molar-refractivity contribution in [1.29, 1.82) is 0 Å². The summed E-state index contributed by atoms with van der Waals surface area (Å²) in [4.78, 5) is 17.6. The van der Waals surface area contributed by atoms with Crippen LogP contribution in [-0.4, -0.2) is 41.9 Å². The standard InChI is InChI=1S/C21H20F2N2OS/c22-16-7-5-15(6-8-16)14-24-9-2-10-25(12-11-24)21(26)20-13-17-18(23)3-1-4-19(17)27-20/h1,3-8,13H,2,9-12,14H2. The van der Waals surface area contributed by atoms with Gasteiger partial charge in [-0.05, 0) is 42.3 Å². The Labute approximate surface area is 160 Å². The van der Waals surface area contributed by atoms with Gasteiger partial charge in [-0.1, -0.05) is 18.2 Å². The number of nitrogens with zero attached hydrogens (tertiary/aromatic N) is 2. The molecule has 0 unspecified atom stereocenters. The number of hydrogen-bond donors (Lipinski definition) is 0. The lowest BCUT2D eigenvalue weighted by Gasteiger charge is -2.21.